The molecule has 0 bridgehead atoms. The SMILES string of the molecule is O=c1oc2ccccc2c2nonc12. The maximum Gasteiger partial charge on any atom is 0.368 e. The minimum absolute atomic E-state index is 0.128. The van der Waals surface area contributed by atoms with Crippen molar-refractivity contribution in [2.24, 2.45) is 0 Å². The molecule has 14 heavy (non-hydrogen) atoms. The smallest absolute Gasteiger partial charge is 0.368 e. The summed E-state index contributed by atoms with van der Waals surface area (Å²) in [7, 11) is 0. The molecule has 68 valence electrons. The molecule has 3 rings (SSSR count). The van der Waals surface area contributed by atoms with Crippen molar-refractivity contribution in [1.29, 1.82) is 0 Å². The second-order valence-corrected chi connectivity index (χ2v) is 2.85. The summed E-state index contributed by atoms with van der Waals surface area (Å²) < 4.78 is 9.51. The van der Waals surface area contributed by atoms with Gasteiger partial charge in [0.25, 0.3) is 0 Å². The summed E-state index contributed by atoms with van der Waals surface area (Å²) >= 11 is 0. The number of aromatic nitrogens is 2. The van der Waals surface area contributed by atoms with Crippen molar-refractivity contribution < 1.29 is 9.05 Å². The van der Waals surface area contributed by atoms with Gasteiger partial charge in [-0.25, -0.2) is 9.42 Å². The Kier molecular flexibility index (Phi) is 1.25. The zero-order valence-electron chi connectivity index (χ0n) is 6.93. The van der Waals surface area contributed by atoms with Crippen LogP contribution in [-0.2, 0) is 0 Å². The fourth-order valence-corrected chi connectivity index (χ4v) is 1.40. The minimum atomic E-state index is -0.528. The van der Waals surface area contributed by atoms with Gasteiger partial charge >= 0.3 is 5.63 Å². The lowest BCUT2D eigenvalue weighted by molar-refractivity contribution is 0.315. The molecule has 0 aliphatic carbocycles. The molecule has 0 amide bonds. The van der Waals surface area contributed by atoms with E-state index in [1.165, 1.54) is 0 Å². The average molecular weight is 188 g/mol. The molecule has 0 saturated carbocycles. The largest absolute Gasteiger partial charge is 0.421 e. The topological polar surface area (TPSA) is 69.1 Å². The predicted octanol–water partition coefficient (Wildman–Crippen LogP) is 1.33. The fourth-order valence-electron chi connectivity index (χ4n) is 1.40. The van der Waals surface area contributed by atoms with Crippen LogP contribution in [-0.4, -0.2) is 10.3 Å². The van der Waals surface area contributed by atoms with E-state index >= 15 is 0 Å². The molecule has 0 aliphatic rings. The lowest BCUT2D eigenvalue weighted by Gasteiger charge is -1.93. The second-order valence-electron chi connectivity index (χ2n) is 2.85. The first-order valence-electron chi connectivity index (χ1n) is 4.00. The first kappa shape index (κ1) is 7.25. The van der Waals surface area contributed by atoms with Gasteiger partial charge in [-0.05, 0) is 22.4 Å². The van der Waals surface area contributed by atoms with Gasteiger partial charge in [0.2, 0.25) is 5.52 Å². The van der Waals surface area contributed by atoms with Crippen LogP contribution in [0.15, 0.2) is 38.1 Å². The van der Waals surface area contributed by atoms with E-state index in [0.717, 1.165) is 5.39 Å². The first-order valence-corrected chi connectivity index (χ1v) is 4.00. The lowest BCUT2D eigenvalue weighted by atomic mass is 10.2. The van der Waals surface area contributed by atoms with Gasteiger partial charge in [0.15, 0.2) is 5.52 Å². The maximum absolute atomic E-state index is 11.3. The van der Waals surface area contributed by atoms with Crippen LogP contribution < -0.4 is 5.63 Å². The van der Waals surface area contributed by atoms with Gasteiger partial charge in [-0.2, -0.15) is 0 Å². The molecule has 2 heterocycles. The molecule has 2 aromatic heterocycles. The first-order chi connectivity index (χ1) is 6.86. The molecule has 0 spiro atoms. The van der Waals surface area contributed by atoms with E-state index in [4.69, 9.17) is 4.42 Å². The maximum atomic E-state index is 11.3. The van der Waals surface area contributed by atoms with Crippen LogP contribution in [0.5, 0.6) is 0 Å². The highest BCUT2D eigenvalue weighted by atomic mass is 16.6. The number of fused-ring (bicyclic) bond motifs is 3. The van der Waals surface area contributed by atoms with Crippen molar-refractivity contribution in [2.45, 2.75) is 0 Å². The number of para-hydroxylation sites is 1. The van der Waals surface area contributed by atoms with Crippen molar-refractivity contribution in [3.8, 4) is 0 Å². The van der Waals surface area contributed by atoms with Crippen molar-refractivity contribution in [3.05, 3.63) is 34.7 Å². The molecule has 0 atom stereocenters. The van der Waals surface area contributed by atoms with Gasteiger partial charge in [0.05, 0.1) is 0 Å². The quantitative estimate of drug-likeness (QED) is 0.498. The van der Waals surface area contributed by atoms with Gasteiger partial charge in [-0.1, -0.05) is 12.1 Å². The van der Waals surface area contributed by atoms with Crippen molar-refractivity contribution in [3.63, 3.8) is 0 Å². The molecule has 0 radical (unpaired) electrons. The molecule has 0 saturated heterocycles. The summed E-state index contributed by atoms with van der Waals surface area (Å²) in [5.74, 6) is 0. The lowest BCUT2D eigenvalue weighted by Crippen LogP contribution is -1.99. The van der Waals surface area contributed by atoms with Crippen molar-refractivity contribution in [1.82, 2.24) is 10.3 Å². The summed E-state index contributed by atoms with van der Waals surface area (Å²) in [6.45, 7) is 0. The molecular formula is C9H4N2O3. The Morgan fingerprint density at radius 2 is 1.86 bits per heavy atom. The highest BCUT2D eigenvalue weighted by molar-refractivity contribution is 5.99. The Labute approximate surface area is 76.9 Å². The second kappa shape index (κ2) is 2.41. The molecular weight excluding hydrogens is 184 g/mol. The van der Waals surface area contributed by atoms with Crippen LogP contribution in [0.4, 0.5) is 0 Å². The number of rotatable bonds is 0. The third-order valence-electron chi connectivity index (χ3n) is 2.03. The fraction of sp³-hybridized carbons (Fsp3) is 0. The van der Waals surface area contributed by atoms with Gasteiger partial charge in [0.1, 0.15) is 5.58 Å². The van der Waals surface area contributed by atoms with E-state index in [0.29, 0.717) is 11.1 Å². The molecule has 5 nitrogen and oxygen atoms in total. The van der Waals surface area contributed by atoms with Crippen LogP contribution in [0.2, 0.25) is 0 Å². The van der Waals surface area contributed by atoms with E-state index in [-0.39, 0.29) is 5.52 Å². The highest BCUT2D eigenvalue weighted by Gasteiger charge is 2.11. The zero-order chi connectivity index (χ0) is 9.54. The summed E-state index contributed by atoms with van der Waals surface area (Å²) in [5.41, 5.74) is 0.529. The van der Waals surface area contributed by atoms with Crippen LogP contribution in [0.3, 0.4) is 0 Å². The third kappa shape index (κ3) is 0.806. The minimum Gasteiger partial charge on any atom is -0.421 e. The van der Waals surface area contributed by atoms with Gasteiger partial charge in [-0.3, -0.25) is 0 Å². The molecule has 0 unspecified atom stereocenters. The predicted molar refractivity (Wildman–Crippen MR) is 47.8 cm³/mol. The van der Waals surface area contributed by atoms with Gasteiger partial charge in [0, 0.05) is 5.39 Å². The Morgan fingerprint density at radius 1 is 1.07 bits per heavy atom. The van der Waals surface area contributed by atoms with Gasteiger partial charge < -0.3 is 4.42 Å². The van der Waals surface area contributed by atoms with E-state index in [1.807, 2.05) is 6.07 Å². The average Bonchev–Trinajstić information content (AvgIpc) is 2.67. The van der Waals surface area contributed by atoms with E-state index in [1.54, 1.807) is 18.2 Å². The summed E-state index contributed by atoms with van der Waals surface area (Å²) in [5, 5.41) is 7.86. The van der Waals surface area contributed by atoms with Crippen LogP contribution >= 0.6 is 0 Å². The van der Waals surface area contributed by atoms with E-state index in [9.17, 15) is 4.79 Å². The van der Waals surface area contributed by atoms with Crippen molar-refractivity contribution >= 4 is 22.0 Å². The Balaban J connectivity index is 2.73. The normalized spacial score (nSPS) is 11.1. The molecule has 0 aliphatic heterocycles. The standard InChI is InChI=1S/C9H4N2O3/c12-9-8-7(10-14-11-8)5-3-1-2-4-6(5)13-9/h1-4H. The number of nitrogens with zero attached hydrogens (tertiary/aromatic N) is 2. The van der Waals surface area contributed by atoms with Crippen LogP contribution in [0.1, 0.15) is 0 Å². The van der Waals surface area contributed by atoms with E-state index in [2.05, 4.69) is 14.9 Å². The Morgan fingerprint density at radius 3 is 2.79 bits per heavy atom. The monoisotopic (exact) mass is 188 g/mol. The molecule has 0 N–H and O–H groups in total. The van der Waals surface area contributed by atoms with Crippen LogP contribution in [0, 0.1) is 0 Å². The van der Waals surface area contributed by atoms with Crippen molar-refractivity contribution in [2.75, 3.05) is 0 Å². The molecule has 1 aromatic carbocycles. The summed E-state index contributed by atoms with van der Waals surface area (Å²) in [6, 6.07) is 7.11. The Hall–Kier alpha value is -2.17. The molecule has 3 aromatic rings. The summed E-state index contributed by atoms with van der Waals surface area (Å²) in [4.78, 5) is 11.3. The van der Waals surface area contributed by atoms with Crippen LogP contribution in [0.25, 0.3) is 22.0 Å². The highest BCUT2D eigenvalue weighted by Crippen LogP contribution is 2.18. The number of hydrogen-bond acceptors (Lipinski definition) is 5. The number of benzene rings is 1. The van der Waals surface area contributed by atoms with E-state index < -0.39 is 5.63 Å². The molecule has 5 heteroatoms. The third-order valence-corrected chi connectivity index (χ3v) is 2.03. The molecule has 0 fully saturated rings. The zero-order valence-corrected chi connectivity index (χ0v) is 6.93. The summed E-state index contributed by atoms with van der Waals surface area (Å²) in [6.07, 6.45) is 0. The number of hydrogen-bond donors (Lipinski definition) is 0. The Bertz CT molecular complexity index is 668. The van der Waals surface area contributed by atoms with Gasteiger partial charge in [-0.15, -0.1) is 0 Å².